The first kappa shape index (κ1) is 17.4. The number of benzene rings is 1. The summed E-state index contributed by atoms with van der Waals surface area (Å²) in [6.45, 7) is 3.17. The van der Waals surface area contributed by atoms with E-state index >= 15 is 0 Å². The molecule has 1 saturated heterocycles. The fourth-order valence-electron chi connectivity index (χ4n) is 5.15. The van der Waals surface area contributed by atoms with Gasteiger partial charge in [0.25, 0.3) is 5.91 Å². The molecular formula is C22H24N4O2. The highest BCUT2D eigenvalue weighted by Crippen LogP contribution is 2.48. The Balaban J connectivity index is 1.45. The maximum absolute atomic E-state index is 13.3. The van der Waals surface area contributed by atoms with Gasteiger partial charge in [0.15, 0.2) is 5.65 Å². The van der Waals surface area contributed by atoms with Gasteiger partial charge in [-0.15, -0.1) is 0 Å². The number of aromatic nitrogens is 3. The number of carbonyl (C=O) groups excluding carboxylic acids is 1. The van der Waals surface area contributed by atoms with Crippen LogP contribution in [-0.2, 0) is 5.60 Å². The first-order valence-electron chi connectivity index (χ1n) is 9.94. The fraction of sp³-hybridized carbons (Fsp3) is 0.409. The maximum Gasteiger partial charge on any atom is 0.257 e. The third kappa shape index (κ3) is 2.55. The van der Waals surface area contributed by atoms with E-state index in [-0.39, 0.29) is 11.8 Å². The lowest BCUT2D eigenvalue weighted by atomic mass is 9.67. The van der Waals surface area contributed by atoms with Crippen molar-refractivity contribution < 1.29 is 9.90 Å². The molecule has 144 valence electrons. The number of hydrogen-bond donors (Lipinski definition) is 1. The van der Waals surface area contributed by atoms with Crippen molar-refractivity contribution in [3.05, 3.63) is 65.6 Å². The highest BCUT2D eigenvalue weighted by atomic mass is 16.3. The van der Waals surface area contributed by atoms with Gasteiger partial charge < -0.3 is 10.0 Å². The topological polar surface area (TPSA) is 70.7 Å². The van der Waals surface area contributed by atoms with Crippen LogP contribution in [0.3, 0.4) is 0 Å². The fourth-order valence-corrected chi connectivity index (χ4v) is 5.15. The summed E-state index contributed by atoms with van der Waals surface area (Å²) in [6.07, 6.45) is 6.13. The summed E-state index contributed by atoms with van der Waals surface area (Å²) in [5, 5.41) is 15.9. The first-order valence-corrected chi connectivity index (χ1v) is 9.94. The summed E-state index contributed by atoms with van der Waals surface area (Å²) in [7, 11) is 0. The van der Waals surface area contributed by atoms with Crippen LogP contribution in [0.2, 0.25) is 0 Å². The molecule has 1 saturated carbocycles. The molecule has 2 fully saturated rings. The predicted molar refractivity (Wildman–Crippen MR) is 105 cm³/mol. The van der Waals surface area contributed by atoms with Crippen LogP contribution in [0.15, 0.2) is 48.8 Å². The van der Waals surface area contributed by atoms with Gasteiger partial charge in [0.2, 0.25) is 0 Å². The summed E-state index contributed by atoms with van der Waals surface area (Å²) in [5.74, 6) is 0.367. The summed E-state index contributed by atoms with van der Waals surface area (Å²) in [4.78, 5) is 19.5. The van der Waals surface area contributed by atoms with Gasteiger partial charge in [-0.2, -0.15) is 5.10 Å². The molecule has 2 aromatic heterocycles. The number of nitrogens with zero attached hydrogens (tertiary/aromatic N) is 4. The van der Waals surface area contributed by atoms with Crippen LogP contribution in [0.1, 0.15) is 40.9 Å². The molecular weight excluding hydrogens is 352 g/mol. The van der Waals surface area contributed by atoms with Gasteiger partial charge in [-0.25, -0.2) is 9.50 Å². The molecule has 1 aliphatic carbocycles. The standard InChI is InChI=1S/C22H24N4O2/c1-15-18(12-23-20-9-11-24-26(15)20)21(27)25-13-16-6-5-10-22(28,19(16)14-25)17-7-3-2-4-8-17/h2-4,7-9,11-12,16,19,28H,5-6,10,13-14H2,1H3/t16-,19+,22+/m1/s1. The van der Waals surface area contributed by atoms with Crippen molar-refractivity contribution in [3.63, 3.8) is 0 Å². The second-order valence-electron chi connectivity index (χ2n) is 8.12. The van der Waals surface area contributed by atoms with Gasteiger partial charge in [-0.1, -0.05) is 30.3 Å². The monoisotopic (exact) mass is 376 g/mol. The Bertz CT molecular complexity index is 1030. The average Bonchev–Trinajstić information content (AvgIpc) is 3.37. The van der Waals surface area contributed by atoms with Gasteiger partial charge in [-0.05, 0) is 37.7 Å². The van der Waals surface area contributed by atoms with E-state index in [1.165, 1.54) is 0 Å². The number of amides is 1. The molecule has 2 aliphatic rings. The smallest absolute Gasteiger partial charge is 0.257 e. The number of aryl methyl sites for hydroxylation is 1. The minimum atomic E-state index is -0.863. The largest absolute Gasteiger partial charge is 0.385 e. The van der Waals surface area contributed by atoms with Gasteiger partial charge in [0.05, 0.1) is 23.1 Å². The van der Waals surface area contributed by atoms with E-state index in [9.17, 15) is 9.90 Å². The Hall–Kier alpha value is -2.73. The molecule has 6 heteroatoms. The molecule has 1 aliphatic heterocycles. The molecule has 0 bridgehead atoms. The second-order valence-corrected chi connectivity index (χ2v) is 8.12. The third-order valence-corrected chi connectivity index (χ3v) is 6.63. The van der Waals surface area contributed by atoms with E-state index in [1.807, 2.05) is 48.2 Å². The number of rotatable bonds is 2. The number of hydrogen-bond acceptors (Lipinski definition) is 4. The maximum atomic E-state index is 13.3. The van der Waals surface area contributed by atoms with Gasteiger partial charge >= 0.3 is 0 Å². The summed E-state index contributed by atoms with van der Waals surface area (Å²) in [6, 6.07) is 11.8. The second kappa shape index (κ2) is 6.41. The molecule has 0 unspecified atom stereocenters. The quantitative estimate of drug-likeness (QED) is 0.747. The van der Waals surface area contributed by atoms with Crippen LogP contribution >= 0.6 is 0 Å². The zero-order valence-electron chi connectivity index (χ0n) is 16.0. The average molecular weight is 376 g/mol. The lowest BCUT2D eigenvalue weighted by Crippen LogP contribution is -2.43. The Morgan fingerprint density at radius 2 is 2.04 bits per heavy atom. The van der Waals surface area contributed by atoms with Crippen molar-refractivity contribution >= 4 is 11.6 Å². The molecule has 3 heterocycles. The Morgan fingerprint density at radius 3 is 2.86 bits per heavy atom. The van der Waals surface area contributed by atoms with Crippen molar-refractivity contribution in [2.75, 3.05) is 13.1 Å². The lowest BCUT2D eigenvalue weighted by Gasteiger charge is -2.41. The highest BCUT2D eigenvalue weighted by Gasteiger charge is 2.50. The van der Waals surface area contributed by atoms with Crippen LogP contribution in [0, 0.1) is 18.8 Å². The number of likely N-dealkylation sites (tertiary alicyclic amines) is 1. The summed E-state index contributed by atoms with van der Waals surface area (Å²) < 4.78 is 1.71. The van der Waals surface area contributed by atoms with Crippen LogP contribution in [-0.4, -0.2) is 43.6 Å². The zero-order chi connectivity index (χ0) is 19.3. The Kier molecular flexibility index (Phi) is 3.98. The van der Waals surface area contributed by atoms with E-state index in [1.54, 1.807) is 16.9 Å². The van der Waals surface area contributed by atoms with Gasteiger partial charge in [0, 0.05) is 31.3 Å². The third-order valence-electron chi connectivity index (χ3n) is 6.63. The zero-order valence-corrected chi connectivity index (χ0v) is 16.0. The van der Waals surface area contributed by atoms with E-state index in [2.05, 4.69) is 10.1 Å². The van der Waals surface area contributed by atoms with Gasteiger partial charge in [-0.3, -0.25) is 4.79 Å². The van der Waals surface area contributed by atoms with Crippen LogP contribution in [0.4, 0.5) is 0 Å². The predicted octanol–water partition coefficient (Wildman–Crippen LogP) is 2.80. The van der Waals surface area contributed by atoms with Crippen molar-refractivity contribution in [1.29, 1.82) is 0 Å². The van der Waals surface area contributed by atoms with E-state index in [4.69, 9.17) is 0 Å². The summed E-state index contributed by atoms with van der Waals surface area (Å²) in [5.41, 5.74) is 2.22. The number of aliphatic hydroxyl groups is 1. The molecule has 28 heavy (non-hydrogen) atoms. The highest BCUT2D eigenvalue weighted by molar-refractivity contribution is 5.95. The molecule has 6 nitrogen and oxygen atoms in total. The molecule has 3 aromatic rings. The molecule has 1 aromatic carbocycles. The van der Waals surface area contributed by atoms with Crippen molar-refractivity contribution in [2.45, 2.75) is 31.8 Å². The van der Waals surface area contributed by atoms with E-state index in [0.717, 1.165) is 36.2 Å². The number of carbonyl (C=O) groups is 1. The Labute approximate surface area is 163 Å². The van der Waals surface area contributed by atoms with Crippen molar-refractivity contribution in [1.82, 2.24) is 19.5 Å². The molecule has 3 atom stereocenters. The molecule has 5 rings (SSSR count). The molecule has 0 spiro atoms. The minimum Gasteiger partial charge on any atom is -0.385 e. The van der Waals surface area contributed by atoms with E-state index in [0.29, 0.717) is 24.6 Å². The van der Waals surface area contributed by atoms with Crippen LogP contribution in [0.25, 0.3) is 5.65 Å². The van der Waals surface area contributed by atoms with Crippen molar-refractivity contribution in [3.8, 4) is 0 Å². The summed E-state index contributed by atoms with van der Waals surface area (Å²) >= 11 is 0. The minimum absolute atomic E-state index is 0.0211. The normalized spacial score (nSPS) is 27.1. The number of fused-ring (bicyclic) bond motifs is 2. The van der Waals surface area contributed by atoms with E-state index < -0.39 is 5.60 Å². The lowest BCUT2D eigenvalue weighted by molar-refractivity contribution is -0.0644. The first-order chi connectivity index (χ1) is 13.6. The SMILES string of the molecule is Cc1c(C(=O)N2C[C@H]3CCC[C@](O)(c4ccccc4)[C@H]3C2)cnc2ccnn12. The van der Waals surface area contributed by atoms with Crippen molar-refractivity contribution in [2.24, 2.45) is 11.8 Å². The van der Waals surface area contributed by atoms with Gasteiger partial charge in [0.1, 0.15) is 0 Å². The Morgan fingerprint density at radius 1 is 1.21 bits per heavy atom. The molecule has 1 amide bonds. The molecule has 1 N–H and O–H groups in total. The van der Waals surface area contributed by atoms with Crippen LogP contribution < -0.4 is 0 Å². The molecule has 0 radical (unpaired) electrons. The van der Waals surface area contributed by atoms with Crippen LogP contribution in [0.5, 0.6) is 0 Å².